The average molecular weight is 405 g/mol. The molecule has 1 fully saturated rings. The van der Waals surface area contributed by atoms with Crippen molar-refractivity contribution < 1.29 is 19.1 Å². The van der Waals surface area contributed by atoms with E-state index in [9.17, 15) is 19.1 Å². The van der Waals surface area contributed by atoms with Crippen molar-refractivity contribution in [2.75, 3.05) is 4.90 Å². The number of benzene rings is 2. The van der Waals surface area contributed by atoms with Crippen LogP contribution in [0.25, 0.3) is 11.3 Å². The lowest BCUT2D eigenvalue weighted by Crippen LogP contribution is -2.33. The summed E-state index contributed by atoms with van der Waals surface area (Å²) in [6, 6.07) is 12.6. The van der Waals surface area contributed by atoms with Gasteiger partial charge in [-0.05, 0) is 62.1 Å². The maximum Gasteiger partial charge on any atom is 0.267 e. The lowest BCUT2D eigenvalue weighted by atomic mass is 10.1. The molecule has 0 radical (unpaired) electrons. The normalized spacial score (nSPS) is 16.8. The van der Waals surface area contributed by atoms with Crippen molar-refractivity contribution in [1.82, 2.24) is 9.78 Å². The molecule has 1 aromatic heterocycles. The molecule has 2 amide bonds. The highest BCUT2D eigenvalue weighted by atomic mass is 19.1. The number of hydrogen-bond acceptors (Lipinski definition) is 4. The summed E-state index contributed by atoms with van der Waals surface area (Å²) < 4.78 is 14.9. The molecule has 1 atom stereocenters. The van der Waals surface area contributed by atoms with Gasteiger partial charge in [-0.25, -0.2) is 14.0 Å². The van der Waals surface area contributed by atoms with Crippen LogP contribution in [0.3, 0.4) is 0 Å². The minimum atomic E-state index is -0.612. The molecule has 6 nitrogen and oxygen atoms in total. The molecule has 1 N–H and O–H groups in total. The molecule has 0 unspecified atom stereocenters. The maximum absolute atomic E-state index is 13.4. The topological polar surface area (TPSA) is 75.4 Å². The fraction of sp³-hybridized carbons (Fsp3) is 0.261. The Morgan fingerprint density at radius 3 is 2.23 bits per heavy atom. The Labute approximate surface area is 172 Å². The summed E-state index contributed by atoms with van der Waals surface area (Å²) in [6.45, 7) is 1.96. The third-order valence-corrected chi connectivity index (χ3v) is 5.81. The van der Waals surface area contributed by atoms with Crippen LogP contribution in [0.5, 0.6) is 0 Å². The monoisotopic (exact) mass is 405 g/mol. The molecule has 30 heavy (non-hydrogen) atoms. The van der Waals surface area contributed by atoms with Crippen molar-refractivity contribution >= 4 is 17.6 Å². The summed E-state index contributed by atoms with van der Waals surface area (Å²) in [5, 5.41) is 15.1. The fourth-order valence-corrected chi connectivity index (χ4v) is 4.02. The second-order valence-corrected chi connectivity index (χ2v) is 7.88. The number of carbonyl (C=O) groups excluding carboxylic acids is 2. The number of anilines is 1. The number of fused-ring (bicyclic) bond motifs is 1. The number of aliphatic hydroxyl groups excluding tert-OH is 1. The molecule has 0 bridgehead atoms. The van der Waals surface area contributed by atoms with Crippen molar-refractivity contribution in [3.05, 3.63) is 71.0 Å². The number of halogens is 1. The maximum atomic E-state index is 13.4. The lowest BCUT2D eigenvalue weighted by Gasteiger charge is -2.19. The first-order chi connectivity index (χ1) is 14.5. The highest BCUT2D eigenvalue weighted by molar-refractivity contribution is 6.34. The van der Waals surface area contributed by atoms with Crippen molar-refractivity contribution in [2.24, 2.45) is 5.92 Å². The molecule has 7 heteroatoms. The SMILES string of the molecule is Cc1c(-c2ccc(F)cc2)nn(C[C@@H](O)C2CC2)c1N1C(=O)c2ccccc2C1=O. The van der Waals surface area contributed by atoms with Crippen molar-refractivity contribution in [3.8, 4) is 11.3 Å². The van der Waals surface area contributed by atoms with E-state index in [0.717, 1.165) is 17.7 Å². The summed E-state index contributed by atoms with van der Waals surface area (Å²) in [5.41, 5.74) is 2.54. The van der Waals surface area contributed by atoms with Gasteiger partial charge in [0.2, 0.25) is 0 Å². The Hall–Kier alpha value is -3.32. The third kappa shape index (κ3) is 2.93. The van der Waals surface area contributed by atoms with Crippen LogP contribution in [0.1, 0.15) is 39.1 Å². The largest absolute Gasteiger partial charge is 0.391 e. The van der Waals surface area contributed by atoms with Crippen LogP contribution < -0.4 is 4.90 Å². The molecule has 2 aromatic carbocycles. The lowest BCUT2D eigenvalue weighted by molar-refractivity contribution is 0.0917. The molecular weight excluding hydrogens is 385 g/mol. The zero-order valence-corrected chi connectivity index (χ0v) is 16.4. The molecule has 1 aliphatic heterocycles. The first kappa shape index (κ1) is 18.7. The minimum Gasteiger partial charge on any atom is -0.391 e. The Morgan fingerprint density at radius 1 is 1.07 bits per heavy atom. The van der Waals surface area contributed by atoms with E-state index in [1.54, 1.807) is 48.0 Å². The fourth-order valence-electron chi connectivity index (χ4n) is 4.02. The van der Waals surface area contributed by atoms with Crippen molar-refractivity contribution in [3.63, 3.8) is 0 Å². The van der Waals surface area contributed by atoms with Crippen LogP contribution in [0.15, 0.2) is 48.5 Å². The summed E-state index contributed by atoms with van der Waals surface area (Å²) >= 11 is 0. The standard InChI is InChI=1S/C23H20FN3O3/c1-13-20(15-8-10-16(24)11-9-15)25-26(12-19(28)14-6-7-14)21(13)27-22(29)17-4-2-3-5-18(17)23(27)30/h2-5,8-11,14,19,28H,6-7,12H2,1H3/t19-/m1/s1. The Kier molecular flexibility index (Phi) is 4.29. The predicted molar refractivity (Wildman–Crippen MR) is 109 cm³/mol. The van der Waals surface area contributed by atoms with Gasteiger partial charge in [0.15, 0.2) is 0 Å². The van der Waals surface area contributed by atoms with Gasteiger partial charge in [0.25, 0.3) is 11.8 Å². The van der Waals surface area contributed by atoms with E-state index in [0.29, 0.717) is 33.8 Å². The summed E-state index contributed by atoms with van der Waals surface area (Å²) in [4.78, 5) is 27.3. The number of aromatic nitrogens is 2. The molecular formula is C23H20FN3O3. The number of carbonyl (C=O) groups is 2. The van der Waals surface area contributed by atoms with Gasteiger partial charge in [0.1, 0.15) is 11.6 Å². The van der Waals surface area contributed by atoms with Crippen molar-refractivity contribution in [2.45, 2.75) is 32.4 Å². The highest BCUT2D eigenvalue weighted by Crippen LogP contribution is 2.38. The molecule has 152 valence electrons. The Morgan fingerprint density at radius 2 is 1.67 bits per heavy atom. The average Bonchev–Trinajstić information content (AvgIpc) is 3.51. The van der Waals surface area contributed by atoms with Gasteiger partial charge in [0.05, 0.1) is 29.5 Å². The van der Waals surface area contributed by atoms with Gasteiger partial charge < -0.3 is 5.11 Å². The number of hydrogen-bond donors (Lipinski definition) is 1. The van der Waals surface area contributed by atoms with E-state index in [4.69, 9.17) is 0 Å². The van der Waals surface area contributed by atoms with E-state index in [-0.39, 0.29) is 18.3 Å². The van der Waals surface area contributed by atoms with Gasteiger partial charge >= 0.3 is 0 Å². The number of imide groups is 1. The minimum absolute atomic E-state index is 0.176. The van der Waals surface area contributed by atoms with Crippen molar-refractivity contribution in [1.29, 1.82) is 0 Å². The first-order valence-corrected chi connectivity index (χ1v) is 9.95. The number of amides is 2. The van der Waals surface area contributed by atoms with Gasteiger partial charge in [-0.1, -0.05) is 12.1 Å². The second-order valence-electron chi connectivity index (χ2n) is 7.88. The highest BCUT2D eigenvalue weighted by Gasteiger charge is 2.40. The van der Waals surface area contributed by atoms with Crippen LogP contribution in [-0.4, -0.2) is 32.8 Å². The zero-order valence-electron chi connectivity index (χ0n) is 16.4. The molecule has 0 saturated heterocycles. The van der Waals surface area contributed by atoms with Crippen LogP contribution in [0.4, 0.5) is 10.2 Å². The molecule has 1 aliphatic carbocycles. The molecule has 2 heterocycles. The van der Waals surface area contributed by atoms with Crippen LogP contribution in [-0.2, 0) is 6.54 Å². The van der Waals surface area contributed by atoms with E-state index in [2.05, 4.69) is 5.10 Å². The zero-order chi connectivity index (χ0) is 21.0. The Bertz CT molecular complexity index is 1130. The van der Waals surface area contributed by atoms with Crippen LogP contribution in [0.2, 0.25) is 0 Å². The summed E-state index contributed by atoms with van der Waals surface area (Å²) in [5.74, 6) is -0.627. The predicted octanol–water partition coefficient (Wildman–Crippen LogP) is 3.57. The Balaban J connectivity index is 1.63. The smallest absolute Gasteiger partial charge is 0.267 e. The molecule has 1 saturated carbocycles. The van der Waals surface area contributed by atoms with Gasteiger partial charge in [-0.2, -0.15) is 5.10 Å². The van der Waals surface area contributed by atoms with Gasteiger partial charge in [-0.3, -0.25) is 9.59 Å². The number of aliphatic hydroxyl groups is 1. The summed E-state index contributed by atoms with van der Waals surface area (Å²) in [6.07, 6.45) is 1.29. The second kappa shape index (κ2) is 6.88. The van der Waals surface area contributed by atoms with E-state index in [1.165, 1.54) is 12.1 Å². The molecule has 0 spiro atoms. The van der Waals surface area contributed by atoms with E-state index in [1.807, 2.05) is 0 Å². The number of rotatable bonds is 5. The van der Waals surface area contributed by atoms with E-state index < -0.39 is 17.9 Å². The van der Waals surface area contributed by atoms with Crippen LogP contribution in [0, 0.1) is 18.7 Å². The van der Waals surface area contributed by atoms with E-state index >= 15 is 0 Å². The molecule has 2 aliphatic rings. The first-order valence-electron chi connectivity index (χ1n) is 9.95. The molecule has 3 aromatic rings. The van der Waals surface area contributed by atoms with Crippen LogP contribution >= 0.6 is 0 Å². The quantitative estimate of drug-likeness (QED) is 0.659. The van der Waals surface area contributed by atoms with Gasteiger partial charge in [-0.15, -0.1) is 0 Å². The summed E-state index contributed by atoms with van der Waals surface area (Å²) in [7, 11) is 0. The number of nitrogens with zero attached hydrogens (tertiary/aromatic N) is 3. The third-order valence-electron chi connectivity index (χ3n) is 5.81. The van der Waals surface area contributed by atoms with Gasteiger partial charge in [0, 0.05) is 11.1 Å². The molecule has 5 rings (SSSR count).